The Hall–Kier alpha value is -1.23. The van der Waals surface area contributed by atoms with Crippen LogP contribution in [0.5, 0.6) is 5.75 Å². The van der Waals surface area contributed by atoms with E-state index in [4.69, 9.17) is 5.73 Å². The summed E-state index contributed by atoms with van der Waals surface area (Å²) in [5, 5.41) is 0. The number of alkyl halides is 3. The third-order valence-electron chi connectivity index (χ3n) is 3.31. The maximum Gasteiger partial charge on any atom is 0.573 e. The topological polar surface area (TPSA) is 35.2 Å². The molecule has 100 valence electrons. The fourth-order valence-corrected chi connectivity index (χ4v) is 2.47. The van der Waals surface area contributed by atoms with Crippen LogP contribution in [0.4, 0.5) is 13.2 Å². The lowest BCUT2D eigenvalue weighted by Gasteiger charge is -2.23. The summed E-state index contributed by atoms with van der Waals surface area (Å²) in [5.74, 6) is -0.191. The highest BCUT2D eigenvalue weighted by atomic mass is 19.4. The first kappa shape index (κ1) is 13.2. The predicted octanol–water partition coefficient (Wildman–Crippen LogP) is 3.40. The highest BCUT2D eigenvalue weighted by molar-refractivity contribution is 5.28. The minimum Gasteiger partial charge on any atom is -0.406 e. The zero-order valence-corrected chi connectivity index (χ0v) is 9.96. The normalized spacial score (nSPS) is 18.9. The van der Waals surface area contributed by atoms with E-state index < -0.39 is 6.36 Å². The van der Waals surface area contributed by atoms with Crippen LogP contribution in [0.1, 0.15) is 31.2 Å². The molecular weight excluding hydrogens is 243 g/mol. The third kappa shape index (κ3) is 3.63. The quantitative estimate of drug-likeness (QED) is 0.903. The molecule has 1 aromatic rings. The summed E-state index contributed by atoms with van der Waals surface area (Å²) in [6.07, 6.45) is 0.292. The Morgan fingerprint density at radius 1 is 1.11 bits per heavy atom. The van der Waals surface area contributed by atoms with Crippen molar-refractivity contribution in [2.75, 3.05) is 0 Å². The molecule has 1 aromatic carbocycles. The Balaban J connectivity index is 1.99. The van der Waals surface area contributed by atoms with Crippen molar-refractivity contribution in [3.05, 3.63) is 29.8 Å². The molecule has 1 saturated carbocycles. The smallest absolute Gasteiger partial charge is 0.406 e. The molecule has 0 saturated heterocycles. The molecule has 0 aliphatic heterocycles. The van der Waals surface area contributed by atoms with Crippen molar-refractivity contribution in [3.63, 3.8) is 0 Å². The SMILES string of the molecule is NC1(Cc2ccc(OC(F)(F)F)cc2)CCCC1. The van der Waals surface area contributed by atoms with Gasteiger partial charge in [-0.2, -0.15) is 0 Å². The molecule has 0 spiro atoms. The first-order valence-electron chi connectivity index (χ1n) is 6.00. The van der Waals surface area contributed by atoms with E-state index in [2.05, 4.69) is 4.74 Å². The molecular formula is C13H16F3NO. The van der Waals surface area contributed by atoms with Gasteiger partial charge in [0.2, 0.25) is 0 Å². The van der Waals surface area contributed by atoms with Gasteiger partial charge in [0.05, 0.1) is 0 Å². The lowest BCUT2D eigenvalue weighted by atomic mass is 9.90. The monoisotopic (exact) mass is 259 g/mol. The van der Waals surface area contributed by atoms with Gasteiger partial charge < -0.3 is 10.5 Å². The summed E-state index contributed by atoms with van der Waals surface area (Å²) in [5.41, 5.74) is 6.98. The van der Waals surface area contributed by atoms with Gasteiger partial charge in [0.15, 0.2) is 0 Å². The average molecular weight is 259 g/mol. The second-order valence-corrected chi connectivity index (χ2v) is 4.94. The summed E-state index contributed by atoms with van der Waals surface area (Å²) in [4.78, 5) is 0. The second kappa shape index (κ2) is 4.80. The highest BCUT2D eigenvalue weighted by Crippen LogP contribution is 2.31. The number of hydrogen-bond acceptors (Lipinski definition) is 2. The van der Waals surface area contributed by atoms with Gasteiger partial charge in [-0.1, -0.05) is 25.0 Å². The standard InChI is InChI=1S/C13H16F3NO/c14-13(15,16)18-11-5-3-10(4-6-11)9-12(17)7-1-2-8-12/h3-6H,1-2,7-9,17H2. The zero-order chi connectivity index (χ0) is 13.2. The number of hydrogen-bond donors (Lipinski definition) is 1. The van der Waals surface area contributed by atoms with Crippen molar-refractivity contribution < 1.29 is 17.9 Å². The van der Waals surface area contributed by atoms with Crippen molar-refractivity contribution in [2.45, 2.75) is 44.0 Å². The minimum absolute atomic E-state index is 0.188. The summed E-state index contributed by atoms with van der Waals surface area (Å²) < 4.78 is 39.8. The van der Waals surface area contributed by atoms with Gasteiger partial charge in [0.25, 0.3) is 0 Å². The molecule has 2 N–H and O–H groups in total. The number of halogens is 3. The molecule has 1 aliphatic carbocycles. The summed E-state index contributed by atoms with van der Waals surface area (Å²) in [6.45, 7) is 0. The van der Waals surface area contributed by atoms with E-state index >= 15 is 0 Å². The first-order valence-corrected chi connectivity index (χ1v) is 6.00. The number of rotatable bonds is 3. The molecule has 1 fully saturated rings. The van der Waals surface area contributed by atoms with Crippen molar-refractivity contribution in [3.8, 4) is 5.75 Å². The summed E-state index contributed by atoms with van der Waals surface area (Å²) in [7, 11) is 0. The molecule has 0 bridgehead atoms. The number of nitrogens with two attached hydrogens (primary N) is 1. The number of benzene rings is 1. The van der Waals surface area contributed by atoms with E-state index in [1.807, 2.05) is 0 Å². The van der Waals surface area contributed by atoms with Crippen molar-refractivity contribution in [1.82, 2.24) is 0 Å². The molecule has 1 aliphatic rings. The van der Waals surface area contributed by atoms with Crippen LogP contribution >= 0.6 is 0 Å². The van der Waals surface area contributed by atoms with Crippen LogP contribution in [-0.2, 0) is 6.42 Å². The minimum atomic E-state index is -4.64. The molecule has 0 unspecified atom stereocenters. The Kier molecular flexibility index (Phi) is 3.52. The summed E-state index contributed by atoms with van der Waals surface area (Å²) >= 11 is 0. The largest absolute Gasteiger partial charge is 0.573 e. The van der Waals surface area contributed by atoms with Crippen LogP contribution in [0.15, 0.2) is 24.3 Å². The van der Waals surface area contributed by atoms with Crippen LogP contribution in [0.25, 0.3) is 0 Å². The van der Waals surface area contributed by atoms with E-state index in [9.17, 15) is 13.2 Å². The molecule has 0 aromatic heterocycles. The predicted molar refractivity (Wildman–Crippen MR) is 62.2 cm³/mol. The van der Waals surface area contributed by atoms with Crippen LogP contribution in [0, 0.1) is 0 Å². The first-order chi connectivity index (χ1) is 8.36. The van der Waals surface area contributed by atoms with Crippen LogP contribution in [0.3, 0.4) is 0 Å². The highest BCUT2D eigenvalue weighted by Gasteiger charge is 2.31. The van der Waals surface area contributed by atoms with E-state index in [0.717, 1.165) is 31.2 Å². The molecule has 0 radical (unpaired) electrons. The average Bonchev–Trinajstić information content (AvgIpc) is 2.66. The Labute approximate surface area is 104 Å². The van der Waals surface area contributed by atoms with Gasteiger partial charge in [0.1, 0.15) is 5.75 Å². The summed E-state index contributed by atoms with van der Waals surface area (Å²) in [6, 6.07) is 5.96. The van der Waals surface area contributed by atoms with E-state index in [-0.39, 0.29) is 11.3 Å². The molecule has 0 heterocycles. The van der Waals surface area contributed by atoms with E-state index in [1.54, 1.807) is 12.1 Å². The van der Waals surface area contributed by atoms with Gasteiger partial charge in [-0.3, -0.25) is 0 Å². The Bertz CT molecular complexity index is 394. The second-order valence-electron chi connectivity index (χ2n) is 4.94. The molecule has 2 rings (SSSR count). The van der Waals surface area contributed by atoms with Gasteiger partial charge in [-0.15, -0.1) is 13.2 Å². The lowest BCUT2D eigenvalue weighted by Crippen LogP contribution is -2.38. The van der Waals surface area contributed by atoms with Gasteiger partial charge in [-0.25, -0.2) is 0 Å². The van der Waals surface area contributed by atoms with Crippen LogP contribution < -0.4 is 10.5 Å². The fourth-order valence-electron chi connectivity index (χ4n) is 2.47. The molecule has 5 heteroatoms. The van der Waals surface area contributed by atoms with Gasteiger partial charge in [0, 0.05) is 5.54 Å². The zero-order valence-electron chi connectivity index (χ0n) is 9.96. The fraction of sp³-hybridized carbons (Fsp3) is 0.538. The molecule has 2 nitrogen and oxygen atoms in total. The van der Waals surface area contributed by atoms with E-state index in [0.29, 0.717) is 6.42 Å². The van der Waals surface area contributed by atoms with E-state index in [1.165, 1.54) is 12.1 Å². The Morgan fingerprint density at radius 2 is 1.67 bits per heavy atom. The van der Waals surface area contributed by atoms with Crippen molar-refractivity contribution >= 4 is 0 Å². The Morgan fingerprint density at radius 3 is 2.17 bits per heavy atom. The van der Waals surface area contributed by atoms with Crippen LogP contribution in [-0.4, -0.2) is 11.9 Å². The third-order valence-corrected chi connectivity index (χ3v) is 3.31. The lowest BCUT2D eigenvalue weighted by molar-refractivity contribution is -0.274. The maximum absolute atomic E-state index is 12.0. The molecule has 18 heavy (non-hydrogen) atoms. The molecule has 0 amide bonds. The molecule has 0 atom stereocenters. The van der Waals surface area contributed by atoms with Crippen molar-refractivity contribution in [2.24, 2.45) is 5.73 Å². The number of ether oxygens (including phenoxy) is 1. The van der Waals surface area contributed by atoms with Gasteiger partial charge >= 0.3 is 6.36 Å². The van der Waals surface area contributed by atoms with Crippen LogP contribution in [0.2, 0.25) is 0 Å². The maximum atomic E-state index is 12.0. The van der Waals surface area contributed by atoms with Crippen molar-refractivity contribution in [1.29, 1.82) is 0 Å². The van der Waals surface area contributed by atoms with Gasteiger partial charge in [-0.05, 0) is 37.0 Å².